The van der Waals surface area contributed by atoms with E-state index in [9.17, 15) is 0 Å². The zero-order valence-electron chi connectivity index (χ0n) is 12.3. The molecule has 1 nitrogen and oxygen atoms in total. The minimum absolute atomic E-state index is 0.664. The van der Waals surface area contributed by atoms with Crippen LogP contribution < -0.4 is 0 Å². The maximum atomic E-state index is 5.95. The lowest BCUT2D eigenvalue weighted by Crippen LogP contribution is -2.25. The summed E-state index contributed by atoms with van der Waals surface area (Å²) in [7, 11) is 0. The van der Waals surface area contributed by atoms with Crippen LogP contribution in [-0.4, -0.2) is 17.3 Å². The highest BCUT2D eigenvalue weighted by molar-refractivity contribution is 6.18. The van der Waals surface area contributed by atoms with Crippen LogP contribution in [0.25, 0.3) is 0 Å². The van der Waals surface area contributed by atoms with Gasteiger partial charge in [-0.15, -0.1) is 11.6 Å². The van der Waals surface area contributed by atoms with E-state index in [2.05, 4.69) is 67.3 Å². The number of alkyl halides is 1. The number of benzene rings is 2. The van der Waals surface area contributed by atoms with E-state index in [1.807, 2.05) is 0 Å². The van der Waals surface area contributed by atoms with Crippen molar-refractivity contribution in [2.45, 2.75) is 26.9 Å². The average molecular weight is 288 g/mol. The SMILES string of the molecule is Cc1cccc(CN(CCCl)Cc2cccc(C)c2)c1. The third-order valence-corrected chi connectivity index (χ3v) is 3.55. The summed E-state index contributed by atoms with van der Waals surface area (Å²) in [5.74, 6) is 0.664. The van der Waals surface area contributed by atoms with E-state index in [1.54, 1.807) is 0 Å². The van der Waals surface area contributed by atoms with Crippen molar-refractivity contribution < 1.29 is 0 Å². The molecule has 0 saturated carbocycles. The third kappa shape index (κ3) is 4.66. The van der Waals surface area contributed by atoms with Crippen LogP contribution in [0.2, 0.25) is 0 Å². The molecular formula is C18H22ClN. The normalized spacial score (nSPS) is 11.0. The molecule has 2 rings (SSSR count). The second kappa shape index (κ2) is 7.47. The van der Waals surface area contributed by atoms with Crippen molar-refractivity contribution in [2.24, 2.45) is 0 Å². The Morgan fingerprint density at radius 1 is 0.850 bits per heavy atom. The summed E-state index contributed by atoms with van der Waals surface area (Å²) >= 11 is 5.95. The summed E-state index contributed by atoms with van der Waals surface area (Å²) in [4.78, 5) is 2.40. The van der Waals surface area contributed by atoms with Crippen LogP contribution in [0.5, 0.6) is 0 Å². The lowest BCUT2D eigenvalue weighted by Gasteiger charge is -2.22. The van der Waals surface area contributed by atoms with Crippen molar-refractivity contribution in [3.05, 3.63) is 70.8 Å². The Hall–Kier alpha value is -1.31. The zero-order valence-corrected chi connectivity index (χ0v) is 13.0. The number of hydrogen-bond acceptors (Lipinski definition) is 1. The lowest BCUT2D eigenvalue weighted by atomic mass is 10.1. The summed E-state index contributed by atoms with van der Waals surface area (Å²) in [6, 6.07) is 17.4. The summed E-state index contributed by atoms with van der Waals surface area (Å²) in [5, 5.41) is 0. The predicted octanol–water partition coefficient (Wildman–Crippen LogP) is 4.54. The molecule has 20 heavy (non-hydrogen) atoms. The summed E-state index contributed by atoms with van der Waals surface area (Å²) in [5.41, 5.74) is 5.32. The van der Waals surface area contributed by atoms with E-state index in [1.165, 1.54) is 22.3 Å². The molecule has 2 heteroatoms. The van der Waals surface area contributed by atoms with Crippen LogP contribution in [-0.2, 0) is 13.1 Å². The molecule has 106 valence electrons. The van der Waals surface area contributed by atoms with Crippen molar-refractivity contribution >= 4 is 11.6 Å². The van der Waals surface area contributed by atoms with Crippen LogP contribution in [0.4, 0.5) is 0 Å². The fourth-order valence-electron chi connectivity index (χ4n) is 2.47. The molecule has 0 saturated heterocycles. The molecule has 2 aromatic rings. The molecule has 0 radical (unpaired) electrons. The topological polar surface area (TPSA) is 3.24 Å². The Balaban J connectivity index is 2.07. The Kier molecular flexibility index (Phi) is 5.63. The highest BCUT2D eigenvalue weighted by Crippen LogP contribution is 2.12. The number of hydrogen-bond donors (Lipinski definition) is 0. The van der Waals surface area contributed by atoms with Gasteiger partial charge in [0.05, 0.1) is 0 Å². The molecule has 0 heterocycles. The summed E-state index contributed by atoms with van der Waals surface area (Å²) < 4.78 is 0. The van der Waals surface area contributed by atoms with E-state index in [0.29, 0.717) is 5.88 Å². The van der Waals surface area contributed by atoms with Gasteiger partial charge in [-0.25, -0.2) is 0 Å². The first kappa shape index (κ1) is 15.1. The summed E-state index contributed by atoms with van der Waals surface area (Å²) in [6.07, 6.45) is 0. The highest BCUT2D eigenvalue weighted by Gasteiger charge is 2.07. The maximum absolute atomic E-state index is 5.95. The van der Waals surface area contributed by atoms with E-state index >= 15 is 0 Å². The van der Waals surface area contributed by atoms with Gasteiger partial charge in [-0.2, -0.15) is 0 Å². The van der Waals surface area contributed by atoms with Gasteiger partial charge in [-0.05, 0) is 25.0 Å². The quantitative estimate of drug-likeness (QED) is 0.705. The third-order valence-electron chi connectivity index (χ3n) is 3.38. The van der Waals surface area contributed by atoms with Crippen molar-refractivity contribution in [1.29, 1.82) is 0 Å². The molecule has 0 aliphatic heterocycles. The van der Waals surface area contributed by atoms with Crippen molar-refractivity contribution in [3.63, 3.8) is 0 Å². The summed E-state index contributed by atoms with van der Waals surface area (Å²) in [6.45, 7) is 7.07. The van der Waals surface area contributed by atoms with E-state index in [4.69, 9.17) is 11.6 Å². The fourth-order valence-corrected chi connectivity index (χ4v) is 2.71. The largest absolute Gasteiger partial charge is 0.294 e. The standard InChI is InChI=1S/C18H22ClN/c1-15-5-3-7-17(11-15)13-20(10-9-19)14-18-8-4-6-16(2)12-18/h3-8,11-12H,9-10,13-14H2,1-2H3. The van der Waals surface area contributed by atoms with Crippen molar-refractivity contribution in [2.75, 3.05) is 12.4 Å². The number of rotatable bonds is 6. The van der Waals surface area contributed by atoms with E-state index in [0.717, 1.165) is 19.6 Å². The van der Waals surface area contributed by atoms with Crippen molar-refractivity contribution in [1.82, 2.24) is 4.90 Å². The Morgan fingerprint density at radius 3 is 1.75 bits per heavy atom. The highest BCUT2D eigenvalue weighted by atomic mass is 35.5. The fraction of sp³-hybridized carbons (Fsp3) is 0.333. The molecule has 2 aromatic carbocycles. The van der Waals surface area contributed by atoms with Gasteiger partial charge in [-0.3, -0.25) is 4.90 Å². The van der Waals surface area contributed by atoms with Gasteiger partial charge in [0.2, 0.25) is 0 Å². The van der Waals surface area contributed by atoms with Gasteiger partial charge in [-0.1, -0.05) is 59.7 Å². The van der Waals surface area contributed by atoms with Gasteiger partial charge in [0, 0.05) is 25.5 Å². The second-order valence-corrected chi connectivity index (χ2v) is 5.76. The second-order valence-electron chi connectivity index (χ2n) is 5.38. The van der Waals surface area contributed by atoms with Crippen LogP contribution in [0.15, 0.2) is 48.5 Å². The molecule has 0 aliphatic carbocycles. The molecule has 0 amide bonds. The first-order valence-corrected chi connectivity index (χ1v) is 7.60. The van der Waals surface area contributed by atoms with Gasteiger partial charge in [0.1, 0.15) is 0 Å². The Labute approximate surface area is 127 Å². The average Bonchev–Trinajstić information content (AvgIpc) is 2.39. The van der Waals surface area contributed by atoms with Crippen LogP contribution in [0, 0.1) is 13.8 Å². The van der Waals surface area contributed by atoms with Crippen LogP contribution in [0.1, 0.15) is 22.3 Å². The molecular weight excluding hydrogens is 266 g/mol. The number of halogens is 1. The lowest BCUT2D eigenvalue weighted by molar-refractivity contribution is 0.273. The molecule has 0 unspecified atom stereocenters. The zero-order chi connectivity index (χ0) is 14.4. The Bertz CT molecular complexity index is 503. The van der Waals surface area contributed by atoms with Crippen LogP contribution >= 0.6 is 11.6 Å². The molecule has 0 aliphatic rings. The molecule has 0 atom stereocenters. The molecule has 0 aromatic heterocycles. The smallest absolute Gasteiger partial charge is 0.0351 e. The van der Waals surface area contributed by atoms with Gasteiger partial charge in [0.15, 0.2) is 0 Å². The number of aryl methyl sites for hydroxylation is 2. The molecule has 0 N–H and O–H groups in total. The Morgan fingerprint density at radius 2 is 1.35 bits per heavy atom. The minimum Gasteiger partial charge on any atom is -0.294 e. The monoisotopic (exact) mass is 287 g/mol. The van der Waals surface area contributed by atoms with Gasteiger partial charge in [0.25, 0.3) is 0 Å². The predicted molar refractivity (Wildman–Crippen MR) is 87.2 cm³/mol. The van der Waals surface area contributed by atoms with Gasteiger partial charge >= 0.3 is 0 Å². The first-order valence-electron chi connectivity index (χ1n) is 7.07. The maximum Gasteiger partial charge on any atom is 0.0351 e. The molecule has 0 fully saturated rings. The molecule has 0 bridgehead atoms. The van der Waals surface area contributed by atoms with Crippen LogP contribution in [0.3, 0.4) is 0 Å². The van der Waals surface area contributed by atoms with Gasteiger partial charge < -0.3 is 0 Å². The first-order chi connectivity index (χ1) is 9.67. The van der Waals surface area contributed by atoms with E-state index in [-0.39, 0.29) is 0 Å². The van der Waals surface area contributed by atoms with Crippen molar-refractivity contribution in [3.8, 4) is 0 Å². The minimum atomic E-state index is 0.664. The molecule has 0 spiro atoms. The van der Waals surface area contributed by atoms with E-state index < -0.39 is 0 Å². The number of nitrogens with zero attached hydrogens (tertiary/aromatic N) is 1.